The van der Waals surface area contributed by atoms with Gasteiger partial charge < -0.3 is 16.3 Å². The molecule has 0 aliphatic carbocycles. The van der Waals surface area contributed by atoms with Gasteiger partial charge in [0.15, 0.2) is 11.7 Å². The Balaban J connectivity index is 1.90. The topological polar surface area (TPSA) is 140 Å². The van der Waals surface area contributed by atoms with Crippen LogP contribution in [0.2, 0.25) is 0 Å². The van der Waals surface area contributed by atoms with E-state index in [1.54, 1.807) is 67.6 Å². The van der Waals surface area contributed by atoms with E-state index >= 15 is 4.39 Å². The van der Waals surface area contributed by atoms with Gasteiger partial charge in [0, 0.05) is 21.2 Å². The van der Waals surface area contributed by atoms with Crippen LogP contribution >= 0.6 is 15.9 Å². The fraction of sp³-hybridized carbons (Fsp3) is 0.0833. The third-order valence-corrected chi connectivity index (χ3v) is 6.66. The van der Waals surface area contributed by atoms with Crippen molar-refractivity contribution in [2.45, 2.75) is 18.2 Å². The molecule has 11 heteroatoms. The van der Waals surface area contributed by atoms with E-state index in [1.807, 2.05) is 0 Å². The lowest BCUT2D eigenvalue weighted by Gasteiger charge is -2.13. The first kappa shape index (κ1) is 26.2. The number of rotatable bonds is 8. The molecule has 35 heavy (non-hydrogen) atoms. The van der Waals surface area contributed by atoms with Crippen molar-refractivity contribution in [2.75, 3.05) is 5.32 Å². The van der Waals surface area contributed by atoms with Gasteiger partial charge in [0.25, 0.3) is 5.91 Å². The summed E-state index contributed by atoms with van der Waals surface area (Å²) in [7, 11) is 0. The number of carbonyl (C=O) groups is 1. The molecule has 0 fully saturated rings. The average molecular weight is 561 g/mol. The second kappa shape index (κ2) is 11.8. The number of nitrogens with one attached hydrogen (secondary N) is 1. The second-order valence-corrected chi connectivity index (χ2v) is 9.14. The molecule has 0 radical (unpaired) electrons. The van der Waals surface area contributed by atoms with Crippen molar-refractivity contribution in [3.05, 3.63) is 88.2 Å². The molecule has 1 amide bonds. The molecule has 0 heterocycles. The molecule has 3 aromatic carbocycles. The molecule has 6 N–H and O–H groups in total. The molecule has 182 valence electrons. The highest BCUT2D eigenvalue weighted by Gasteiger charge is 2.19. The van der Waals surface area contributed by atoms with Gasteiger partial charge in [0.1, 0.15) is 0 Å². The monoisotopic (exact) mass is 560 g/mol. The van der Waals surface area contributed by atoms with E-state index < -0.39 is 22.8 Å². The van der Waals surface area contributed by atoms with Crippen LogP contribution in [0.5, 0.6) is 0 Å². The zero-order valence-electron chi connectivity index (χ0n) is 18.5. The molecule has 0 bridgehead atoms. The summed E-state index contributed by atoms with van der Waals surface area (Å²) < 4.78 is 32.2. The van der Waals surface area contributed by atoms with Crippen LogP contribution in [-0.4, -0.2) is 21.2 Å². The van der Waals surface area contributed by atoms with Crippen LogP contribution in [0.1, 0.15) is 24.5 Å². The quantitative estimate of drug-likeness (QED) is 0.102. The molecular formula is C24H22BrFN4O4S. The number of carbonyl (C=O) groups excluding carboxylic acids is 1. The third kappa shape index (κ3) is 6.01. The summed E-state index contributed by atoms with van der Waals surface area (Å²) in [6.45, 7) is 1.72. The summed E-state index contributed by atoms with van der Waals surface area (Å²) in [5.74, 6) is 3.07. The van der Waals surface area contributed by atoms with E-state index in [0.29, 0.717) is 37.3 Å². The van der Waals surface area contributed by atoms with E-state index in [9.17, 15) is 9.00 Å². The molecule has 0 saturated carbocycles. The van der Waals surface area contributed by atoms with Crippen molar-refractivity contribution in [3.63, 3.8) is 0 Å². The number of halogens is 2. The van der Waals surface area contributed by atoms with E-state index in [4.69, 9.17) is 16.8 Å². The van der Waals surface area contributed by atoms with Crippen molar-refractivity contribution in [3.8, 4) is 11.1 Å². The number of nitrogens with zero attached hydrogens (tertiary/aromatic N) is 1. The van der Waals surface area contributed by atoms with Crippen molar-refractivity contribution in [1.82, 2.24) is 0 Å². The highest BCUT2D eigenvalue weighted by Crippen LogP contribution is 2.33. The van der Waals surface area contributed by atoms with Crippen LogP contribution in [-0.2, 0) is 20.2 Å². The Kier molecular flexibility index (Phi) is 8.88. The summed E-state index contributed by atoms with van der Waals surface area (Å²) in [5.41, 5.74) is 8.26. The molecule has 1 unspecified atom stereocenters. The molecule has 3 rings (SSSR count). The largest absolute Gasteiger partial charge is 0.409 e. The molecule has 0 aromatic heterocycles. The first-order valence-corrected chi connectivity index (χ1v) is 12.1. The first-order valence-electron chi connectivity index (χ1n) is 10.3. The zero-order chi connectivity index (χ0) is 25.5. The van der Waals surface area contributed by atoms with Gasteiger partial charge in [0.05, 0.1) is 10.6 Å². The molecule has 0 aliphatic heterocycles. The van der Waals surface area contributed by atoms with Gasteiger partial charge in [-0.1, -0.05) is 54.5 Å². The van der Waals surface area contributed by atoms with Crippen molar-refractivity contribution >= 4 is 50.0 Å². The van der Waals surface area contributed by atoms with Crippen LogP contribution in [0.4, 0.5) is 10.1 Å². The number of amidine groups is 1. The standard InChI is InChI=1S/C24H22BrFN4O4S/c1-2-17(14-6-5-7-16(12-14)23(27)30-32)22(26)24(31)29-20-11-10-15(13-19(20)25)18-8-3-4-9-21(18)35(33)34-28/h3-13,32H,2,28H2,1H3,(H2,27,30)(H,29,31)/b22-17+. The van der Waals surface area contributed by atoms with Crippen molar-refractivity contribution in [2.24, 2.45) is 16.8 Å². The SMILES string of the molecule is CC/C(=C(\F)C(=O)Nc1ccc(-c2ccccc2S(=O)ON)cc1Br)c1cccc(/C(N)=N/O)c1. The minimum atomic E-state index is -1.85. The Morgan fingerprint density at radius 2 is 1.86 bits per heavy atom. The number of benzene rings is 3. The fourth-order valence-electron chi connectivity index (χ4n) is 3.41. The van der Waals surface area contributed by atoms with E-state index in [2.05, 4.69) is 30.7 Å². The summed E-state index contributed by atoms with van der Waals surface area (Å²) in [5, 5.41) is 14.4. The number of nitrogens with two attached hydrogens (primary N) is 2. The van der Waals surface area contributed by atoms with Crippen LogP contribution in [0.25, 0.3) is 16.7 Å². The normalized spacial score (nSPS) is 13.2. The lowest BCUT2D eigenvalue weighted by molar-refractivity contribution is -0.114. The maximum absolute atomic E-state index is 15.2. The van der Waals surface area contributed by atoms with Crippen LogP contribution < -0.4 is 16.9 Å². The van der Waals surface area contributed by atoms with Crippen molar-refractivity contribution in [1.29, 1.82) is 0 Å². The minimum Gasteiger partial charge on any atom is -0.409 e. The number of hydrogen-bond acceptors (Lipinski definition) is 6. The Hall–Kier alpha value is -3.38. The lowest BCUT2D eigenvalue weighted by Crippen LogP contribution is -2.15. The molecule has 0 saturated heterocycles. The molecule has 0 spiro atoms. The number of amides is 1. The maximum Gasteiger partial charge on any atom is 0.284 e. The highest BCUT2D eigenvalue weighted by molar-refractivity contribution is 9.10. The fourth-order valence-corrected chi connectivity index (χ4v) is 4.55. The number of allylic oxidation sites excluding steroid dienone is 1. The zero-order valence-corrected chi connectivity index (χ0v) is 20.9. The second-order valence-electron chi connectivity index (χ2n) is 7.19. The summed E-state index contributed by atoms with van der Waals surface area (Å²) >= 11 is 1.55. The predicted molar refractivity (Wildman–Crippen MR) is 137 cm³/mol. The third-order valence-electron chi connectivity index (χ3n) is 5.11. The number of hydrogen-bond donors (Lipinski definition) is 4. The molecular weight excluding hydrogens is 539 g/mol. The van der Waals surface area contributed by atoms with Gasteiger partial charge >= 0.3 is 0 Å². The van der Waals surface area contributed by atoms with Gasteiger partial charge in [-0.05, 0) is 57.7 Å². The Labute approximate surface area is 212 Å². The maximum atomic E-state index is 15.2. The molecule has 3 aromatic rings. The van der Waals surface area contributed by atoms with Gasteiger partial charge in [0.2, 0.25) is 11.1 Å². The first-order chi connectivity index (χ1) is 16.8. The summed E-state index contributed by atoms with van der Waals surface area (Å²) in [4.78, 5) is 13.1. The van der Waals surface area contributed by atoms with Gasteiger partial charge in [-0.25, -0.2) is 8.60 Å². The molecule has 1 atom stereocenters. The van der Waals surface area contributed by atoms with E-state index in [0.717, 1.165) is 0 Å². The smallest absolute Gasteiger partial charge is 0.284 e. The van der Waals surface area contributed by atoms with E-state index in [-0.39, 0.29) is 17.8 Å². The average Bonchev–Trinajstić information content (AvgIpc) is 2.89. The number of oxime groups is 1. The Morgan fingerprint density at radius 1 is 1.14 bits per heavy atom. The summed E-state index contributed by atoms with van der Waals surface area (Å²) in [6, 6.07) is 18.3. The van der Waals surface area contributed by atoms with Crippen LogP contribution in [0, 0.1) is 0 Å². The molecule has 0 aliphatic rings. The molecule has 8 nitrogen and oxygen atoms in total. The van der Waals surface area contributed by atoms with E-state index in [1.165, 1.54) is 6.07 Å². The van der Waals surface area contributed by atoms with Gasteiger partial charge in [-0.15, -0.1) is 0 Å². The minimum absolute atomic E-state index is 0.125. The predicted octanol–water partition coefficient (Wildman–Crippen LogP) is 4.85. The van der Waals surface area contributed by atoms with Crippen LogP contribution in [0.15, 0.2) is 87.1 Å². The van der Waals surface area contributed by atoms with Gasteiger partial charge in [-0.3, -0.25) is 4.79 Å². The Bertz CT molecular complexity index is 1350. The summed E-state index contributed by atoms with van der Waals surface area (Å²) in [6.07, 6.45) is 0.232. The number of anilines is 1. The lowest BCUT2D eigenvalue weighted by atomic mass is 9.99. The Morgan fingerprint density at radius 3 is 2.51 bits per heavy atom. The highest BCUT2D eigenvalue weighted by atomic mass is 79.9. The van der Waals surface area contributed by atoms with Crippen molar-refractivity contribution < 1.29 is 22.9 Å². The van der Waals surface area contributed by atoms with Crippen LogP contribution in [0.3, 0.4) is 0 Å². The van der Waals surface area contributed by atoms with Gasteiger partial charge in [-0.2, -0.15) is 10.2 Å².